The van der Waals surface area contributed by atoms with E-state index < -0.39 is 36.4 Å². The van der Waals surface area contributed by atoms with Gasteiger partial charge in [0.2, 0.25) is 5.91 Å². The molecule has 0 unspecified atom stereocenters. The number of carbonyl (C=O) groups excluding carboxylic acids is 2. The lowest BCUT2D eigenvalue weighted by Gasteiger charge is -2.23. The summed E-state index contributed by atoms with van der Waals surface area (Å²) in [5.74, 6) is -0.929. The van der Waals surface area contributed by atoms with Gasteiger partial charge in [-0.1, -0.05) is 30.3 Å². The highest BCUT2D eigenvalue weighted by molar-refractivity contribution is 5.86. The monoisotopic (exact) mass is 346 g/mol. The van der Waals surface area contributed by atoms with Crippen molar-refractivity contribution in [2.75, 3.05) is 6.54 Å². The number of benzene rings is 1. The molecule has 0 radical (unpaired) electrons. The number of amides is 2. The molecule has 134 valence electrons. The number of hydrogen-bond acceptors (Lipinski definition) is 3. The molecule has 0 saturated heterocycles. The molecule has 1 aromatic rings. The number of alkyl carbamates (subject to hydrolysis) is 1. The van der Waals surface area contributed by atoms with Crippen LogP contribution in [-0.4, -0.2) is 36.4 Å². The Labute approximate surface area is 138 Å². The first kappa shape index (κ1) is 19.8. The number of nitrogens with one attached hydrogen (secondary N) is 2. The van der Waals surface area contributed by atoms with Gasteiger partial charge in [0.25, 0.3) is 0 Å². The van der Waals surface area contributed by atoms with Gasteiger partial charge in [-0.25, -0.2) is 4.79 Å². The van der Waals surface area contributed by atoms with Gasteiger partial charge in [0.15, 0.2) is 0 Å². The number of ether oxygens (including phenoxy) is 1. The lowest BCUT2D eigenvalue weighted by atomic mass is 10.1. The van der Waals surface area contributed by atoms with Crippen LogP contribution in [0.5, 0.6) is 0 Å². The summed E-state index contributed by atoms with van der Waals surface area (Å²) in [4.78, 5) is 23.8. The van der Waals surface area contributed by atoms with E-state index in [4.69, 9.17) is 4.74 Å². The fraction of sp³-hybridized carbons (Fsp3) is 0.500. The van der Waals surface area contributed by atoms with Gasteiger partial charge in [-0.2, -0.15) is 13.2 Å². The van der Waals surface area contributed by atoms with Gasteiger partial charge in [-0.3, -0.25) is 4.79 Å². The minimum atomic E-state index is -4.53. The number of rotatable bonds is 5. The highest BCUT2D eigenvalue weighted by atomic mass is 19.4. The van der Waals surface area contributed by atoms with Crippen LogP contribution in [0.1, 0.15) is 26.3 Å². The zero-order chi connectivity index (χ0) is 18.4. The Kier molecular flexibility index (Phi) is 6.62. The summed E-state index contributed by atoms with van der Waals surface area (Å²) >= 11 is 0. The Balaban J connectivity index is 2.78. The molecule has 0 bridgehead atoms. The van der Waals surface area contributed by atoms with E-state index in [1.165, 1.54) is 0 Å². The maximum Gasteiger partial charge on any atom is 0.408 e. The molecule has 0 aliphatic rings. The van der Waals surface area contributed by atoms with Crippen LogP contribution < -0.4 is 10.6 Å². The Hall–Kier alpha value is -2.25. The van der Waals surface area contributed by atoms with Crippen LogP contribution in [0.25, 0.3) is 0 Å². The highest BCUT2D eigenvalue weighted by Crippen LogP contribution is 2.13. The van der Waals surface area contributed by atoms with Crippen molar-refractivity contribution in [2.45, 2.75) is 45.0 Å². The Morgan fingerprint density at radius 2 is 1.71 bits per heavy atom. The minimum absolute atomic E-state index is 0.0454. The van der Waals surface area contributed by atoms with Crippen molar-refractivity contribution in [2.24, 2.45) is 0 Å². The molecule has 24 heavy (non-hydrogen) atoms. The van der Waals surface area contributed by atoms with Crippen LogP contribution in [0.2, 0.25) is 0 Å². The molecule has 0 saturated carbocycles. The molecule has 1 rings (SSSR count). The second kappa shape index (κ2) is 8.03. The van der Waals surface area contributed by atoms with Gasteiger partial charge >= 0.3 is 12.3 Å². The molecule has 0 aromatic heterocycles. The van der Waals surface area contributed by atoms with Crippen molar-refractivity contribution in [1.82, 2.24) is 10.6 Å². The van der Waals surface area contributed by atoms with Crippen molar-refractivity contribution in [3.05, 3.63) is 35.9 Å². The minimum Gasteiger partial charge on any atom is -0.444 e. The third-order valence-corrected chi connectivity index (χ3v) is 2.75. The molecule has 0 heterocycles. The maximum absolute atomic E-state index is 12.3. The van der Waals surface area contributed by atoms with E-state index in [2.05, 4.69) is 5.32 Å². The zero-order valence-corrected chi connectivity index (χ0v) is 13.7. The molecular weight excluding hydrogens is 325 g/mol. The molecule has 0 aliphatic carbocycles. The van der Waals surface area contributed by atoms with Crippen molar-refractivity contribution >= 4 is 12.0 Å². The van der Waals surface area contributed by atoms with Crippen LogP contribution in [0.3, 0.4) is 0 Å². The summed E-state index contributed by atoms with van der Waals surface area (Å²) in [5.41, 5.74) is -0.0928. The van der Waals surface area contributed by atoms with Gasteiger partial charge in [-0.15, -0.1) is 0 Å². The Morgan fingerprint density at radius 1 is 1.12 bits per heavy atom. The molecule has 8 heteroatoms. The number of carbonyl (C=O) groups is 2. The molecule has 0 spiro atoms. The van der Waals surface area contributed by atoms with Crippen LogP contribution >= 0.6 is 0 Å². The molecule has 1 aromatic carbocycles. The SMILES string of the molecule is CC(C)(C)OC(=O)N[C@@H](Cc1ccccc1)C(=O)NCC(F)(F)F. The second-order valence-corrected chi connectivity index (χ2v) is 6.22. The number of halogens is 3. The third-order valence-electron chi connectivity index (χ3n) is 2.75. The normalized spacial score (nSPS) is 13.1. The van der Waals surface area contributed by atoms with E-state index in [1.807, 2.05) is 0 Å². The van der Waals surface area contributed by atoms with E-state index >= 15 is 0 Å². The average Bonchev–Trinajstić information content (AvgIpc) is 2.42. The average molecular weight is 346 g/mol. The van der Waals surface area contributed by atoms with Crippen LogP contribution in [-0.2, 0) is 16.0 Å². The standard InChI is InChI=1S/C16H21F3N2O3/c1-15(2,3)24-14(23)21-12(9-11-7-5-4-6-8-11)13(22)20-10-16(17,18)19/h4-8,12H,9-10H2,1-3H3,(H,20,22)(H,21,23)/t12-/m0/s1. The van der Waals surface area contributed by atoms with E-state index in [0.29, 0.717) is 5.56 Å². The molecule has 0 fully saturated rings. The zero-order valence-electron chi connectivity index (χ0n) is 13.7. The quantitative estimate of drug-likeness (QED) is 0.861. The summed E-state index contributed by atoms with van der Waals surface area (Å²) in [6, 6.07) is 7.47. The summed E-state index contributed by atoms with van der Waals surface area (Å²) in [7, 11) is 0. The van der Waals surface area contributed by atoms with Gasteiger partial charge in [0, 0.05) is 6.42 Å². The molecule has 1 atom stereocenters. The van der Waals surface area contributed by atoms with Gasteiger partial charge in [-0.05, 0) is 26.3 Å². The van der Waals surface area contributed by atoms with E-state index in [-0.39, 0.29) is 6.42 Å². The van der Waals surface area contributed by atoms with Gasteiger partial charge in [0.1, 0.15) is 18.2 Å². The maximum atomic E-state index is 12.3. The van der Waals surface area contributed by atoms with E-state index in [9.17, 15) is 22.8 Å². The molecular formula is C16H21F3N2O3. The van der Waals surface area contributed by atoms with Crippen LogP contribution in [0.4, 0.5) is 18.0 Å². The van der Waals surface area contributed by atoms with Crippen molar-refractivity contribution in [3.63, 3.8) is 0 Å². The molecule has 0 aliphatic heterocycles. The topological polar surface area (TPSA) is 67.4 Å². The lowest BCUT2D eigenvalue weighted by molar-refractivity contribution is -0.139. The molecule has 2 amide bonds. The van der Waals surface area contributed by atoms with Crippen molar-refractivity contribution in [1.29, 1.82) is 0 Å². The summed E-state index contributed by atoms with van der Waals surface area (Å²) in [6.07, 6.45) is -5.35. The summed E-state index contributed by atoms with van der Waals surface area (Å²) in [6.45, 7) is 3.46. The summed E-state index contributed by atoms with van der Waals surface area (Å²) < 4.78 is 41.8. The fourth-order valence-electron chi connectivity index (χ4n) is 1.82. The predicted molar refractivity (Wildman–Crippen MR) is 82.4 cm³/mol. The first-order valence-corrected chi connectivity index (χ1v) is 7.34. The highest BCUT2D eigenvalue weighted by Gasteiger charge is 2.31. The summed E-state index contributed by atoms with van der Waals surface area (Å²) in [5, 5.41) is 4.09. The second-order valence-electron chi connectivity index (χ2n) is 6.22. The Bertz CT molecular complexity index is 554. The number of alkyl halides is 3. The largest absolute Gasteiger partial charge is 0.444 e. The van der Waals surface area contributed by atoms with Crippen LogP contribution in [0, 0.1) is 0 Å². The molecule has 2 N–H and O–H groups in total. The van der Waals surface area contributed by atoms with Crippen molar-refractivity contribution in [3.8, 4) is 0 Å². The Morgan fingerprint density at radius 3 is 2.21 bits per heavy atom. The first-order valence-electron chi connectivity index (χ1n) is 7.34. The third kappa shape index (κ3) is 8.40. The molecule has 5 nitrogen and oxygen atoms in total. The lowest BCUT2D eigenvalue weighted by Crippen LogP contribution is -2.50. The van der Waals surface area contributed by atoms with E-state index in [1.54, 1.807) is 56.4 Å². The van der Waals surface area contributed by atoms with Gasteiger partial charge < -0.3 is 15.4 Å². The van der Waals surface area contributed by atoms with Gasteiger partial charge in [0.05, 0.1) is 0 Å². The van der Waals surface area contributed by atoms with Crippen LogP contribution in [0.15, 0.2) is 30.3 Å². The first-order chi connectivity index (χ1) is 11.0. The van der Waals surface area contributed by atoms with Crippen molar-refractivity contribution < 1.29 is 27.5 Å². The smallest absolute Gasteiger partial charge is 0.408 e. The number of hydrogen-bond donors (Lipinski definition) is 2. The predicted octanol–water partition coefficient (Wildman–Crippen LogP) is 2.80. The fourth-order valence-corrected chi connectivity index (χ4v) is 1.82. The van der Waals surface area contributed by atoms with E-state index in [0.717, 1.165) is 0 Å².